The molecule has 1 heterocycles. The minimum absolute atomic E-state index is 0.102. The molecular formula is C13H23N3O2. The van der Waals surface area contributed by atoms with Crippen LogP contribution in [0.15, 0.2) is 17.2 Å². The molecule has 0 aromatic carbocycles. The molecule has 1 N–H and O–H groups in total. The van der Waals surface area contributed by atoms with Gasteiger partial charge in [-0.15, -0.1) is 0 Å². The fourth-order valence-corrected chi connectivity index (χ4v) is 1.53. The second-order valence-corrected chi connectivity index (χ2v) is 5.47. The lowest BCUT2D eigenvalue weighted by Gasteiger charge is -2.22. The highest BCUT2D eigenvalue weighted by Crippen LogP contribution is 2.10. The third-order valence-electron chi connectivity index (χ3n) is 2.41. The Labute approximate surface area is 108 Å². The van der Waals surface area contributed by atoms with E-state index >= 15 is 0 Å². The van der Waals surface area contributed by atoms with Gasteiger partial charge in [-0.25, -0.2) is 4.98 Å². The number of nitrogens with one attached hydrogen (secondary N) is 1. The van der Waals surface area contributed by atoms with Gasteiger partial charge in [0.15, 0.2) is 5.82 Å². The van der Waals surface area contributed by atoms with E-state index in [2.05, 4.69) is 10.3 Å². The molecular weight excluding hydrogens is 230 g/mol. The lowest BCUT2D eigenvalue weighted by atomic mass is 10.1. The summed E-state index contributed by atoms with van der Waals surface area (Å²) < 4.78 is 7.07. The van der Waals surface area contributed by atoms with Gasteiger partial charge < -0.3 is 14.6 Å². The molecule has 18 heavy (non-hydrogen) atoms. The maximum Gasteiger partial charge on any atom is 0.293 e. The maximum absolute atomic E-state index is 12.1. The zero-order valence-electron chi connectivity index (χ0n) is 11.9. The van der Waals surface area contributed by atoms with Crippen LogP contribution < -0.4 is 10.9 Å². The maximum atomic E-state index is 12.1. The molecule has 1 rings (SSSR count). The van der Waals surface area contributed by atoms with Crippen LogP contribution in [0.1, 0.15) is 34.6 Å². The summed E-state index contributed by atoms with van der Waals surface area (Å²) in [6, 6.07) is 0. The quantitative estimate of drug-likeness (QED) is 0.813. The molecule has 0 bridgehead atoms. The molecule has 1 aromatic rings. The van der Waals surface area contributed by atoms with Gasteiger partial charge in [-0.05, 0) is 34.6 Å². The Kier molecular flexibility index (Phi) is 4.90. The van der Waals surface area contributed by atoms with Crippen molar-refractivity contribution in [2.24, 2.45) is 0 Å². The highest BCUT2D eigenvalue weighted by Gasteiger charge is 2.16. The molecule has 102 valence electrons. The number of anilines is 1. The average Bonchev–Trinajstić information content (AvgIpc) is 2.24. The van der Waals surface area contributed by atoms with Crippen LogP contribution in [0.25, 0.3) is 0 Å². The Balaban J connectivity index is 2.71. The highest BCUT2D eigenvalue weighted by molar-refractivity contribution is 5.30. The Morgan fingerprint density at radius 1 is 1.44 bits per heavy atom. The third-order valence-corrected chi connectivity index (χ3v) is 2.41. The zero-order valence-corrected chi connectivity index (χ0v) is 11.9. The molecule has 0 amide bonds. The molecule has 0 unspecified atom stereocenters. The molecule has 0 saturated carbocycles. The van der Waals surface area contributed by atoms with Crippen molar-refractivity contribution in [1.29, 1.82) is 0 Å². The Morgan fingerprint density at radius 3 is 2.67 bits per heavy atom. The van der Waals surface area contributed by atoms with Gasteiger partial charge in [-0.3, -0.25) is 4.79 Å². The molecule has 0 fully saturated rings. The van der Waals surface area contributed by atoms with Gasteiger partial charge in [0.2, 0.25) is 0 Å². The van der Waals surface area contributed by atoms with Crippen LogP contribution in [0.4, 0.5) is 5.82 Å². The zero-order chi connectivity index (χ0) is 13.8. The van der Waals surface area contributed by atoms with E-state index in [0.717, 1.165) is 0 Å². The number of hydrogen-bond acceptors (Lipinski definition) is 4. The Hall–Kier alpha value is -1.36. The summed E-state index contributed by atoms with van der Waals surface area (Å²) in [6.45, 7) is 11.1. The summed E-state index contributed by atoms with van der Waals surface area (Å²) in [6.07, 6.45) is 3.54. The molecule has 0 radical (unpaired) electrons. The van der Waals surface area contributed by atoms with Gasteiger partial charge in [0.1, 0.15) is 0 Å². The standard InChI is InChI=1S/C13H23N3O2/c1-10(2)18-9-7-15-11-12(17)16(8-6-14-11)13(3,4)5/h6,8,10H,7,9H2,1-5H3,(H,14,15). The molecule has 0 spiro atoms. The fraction of sp³-hybridized carbons (Fsp3) is 0.692. The highest BCUT2D eigenvalue weighted by atomic mass is 16.5. The smallest absolute Gasteiger partial charge is 0.293 e. The van der Waals surface area contributed by atoms with E-state index in [1.165, 1.54) is 0 Å². The van der Waals surface area contributed by atoms with Crippen LogP contribution in [-0.4, -0.2) is 28.8 Å². The van der Waals surface area contributed by atoms with E-state index < -0.39 is 0 Å². The predicted octanol–water partition coefficient (Wildman–Crippen LogP) is 1.84. The van der Waals surface area contributed by atoms with Crippen LogP contribution in [-0.2, 0) is 10.3 Å². The molecule has 0 aliphatic carbocycles. The number of nitrogens with zero attached hydrogens (tertiary/aromatic N) is 2. The predicted molar refractivity (Wildman–Crippen MR) is 73.1 cm³/mol. The summed E-state index contributed by atoms with van der Waals surface area (Å²) >= 11 is 0. The normalized spacial score (nSPS) is 11.9. The fourth-order valence-electron chi connectivity index (χ4n) is 1.53. The van der Waals surface area contributed by atoms with Crippen LogP contribution >= 0.6 is 0 Å². The van der Waals surface area contributed by atoms with Crippen LogP contribution in [0.5, 0.6) is 0 Å². The minimum Gasteiger partial charge on any atom is -0.377 e. The Bertz CT molecular complexity index is 433. The first kappa shape index (κ1) is 14.7. The molecule has 5 nitrogen and oxygen atoms in total. The first-order valence-electron chi connectivity index (χ1n) is 6.26. The summed E-state index contributed by atoms with van der Waals surface area (Å²) in [7, 11) is 0. The van der Waals surface area contributed by atoms with E-state index in [0.29, 0.717) is 19.0 Å². The molecule has 5 heteroatoms. The summed E-state index contributed by atoms with van der Waals surface area (Å²) in [5.41, 5.74) is -0.347. The number of hydrogen-bond donors (Lipinski definition) is 1. The van der Waals surface area contributed by atoms with Crippen molar-refractivity contribution >= 4 is 5.82 Å². The van der Waals surface area contributed by atoms with Crippen LogP contribution in [0.3, 0.4) is 0 Å². The lowest BCUT2D eigenvalue weighted by molar-refractivity contribution is 0.0870. The number of rotatable bonds is 5. The van der Waals surface area contributed by atoms with E-state index in [9.17, 15) is 4.79 Å². The van der Waals surface area contributed by atoms with Crippen LogP contribution in [0, 0.1) is 0 Å². The lowest BCUT2D eigenvalue weighted by Crippen LogP contribution is -2.35. The van der Waals surface area contributed by atoms with Crippen LogP contribution in [0.2, 0.25) is 0 Å². The van der Waals surface area contributed by atoms with Gasteiger partial charge in [0.25, 0.3) is 5.56 Å². The molecule has 0 aliphatic rings. The SMILES string of the molecule is CC(C)OCCNc1nccn(C(C)(C)C)c1=O. The van der Waals surface area contributed by atoms with E-state index in [1.807, 2.05) is 34.6 Å². The van der Waals surface area contributed by atoms with Crippen molar-refractivity contribution in [2.75, 3.05) is 18.5 Å². The molecule has 0 aliphatic heterocycles. The first-order valence-corrected chi connectivity index (χ1v) is 6.26. The second kappa shape index (κ2) is 6.00. The van der Waals surface area contributed by atoms with Crippen molar-refractivity contribution in [3.05, 3.63) is 22.7 Å². The van der Waals surface area contributed by atoms with Crippen molar-refractivity contribution < 1.29 is 4.74 Å². The first-order chi connectivity index (χ1) is 8.32. The van der Waals surface area contributed by atoms with Gasteiger partial charge >= 0.3 is 0 Å². The summed E-state index contributed by atoms with van der Waals surface area (Å²) in [4.78, 5) is 16.2. The number of aromatic nitrogens is 2. The van der Waals surface area contributed by atoms with Crippen molar-refractivity contribution in [2.45, 2.75) is 46.3 Å². The monoisotopic (exact) mass is 253 g/mol. The molecule has 0 saturated heterocycles. The molecule has 1 aromatic heterocycles. The minimum atomic E-state index is -0.245. The van der Waals surface area contributed by atoms with E-state index in [1.54, 1.807) is 17.0 Å². The average molecular weight is 253 g/mol. The molecule has 0 atom stereocenters. The largest absolute Gasteiger partial charge is 0.377 e. The van der Waals surface area contributed by atoms with Gasteiger partial charge in [0.05, 0.1) is 12.7 Å². The topological polar surface area (TPSA) is 56.1 Å². The Morgan fingerprint density at radius 2 is 2.11 bits per heavy atom. The third kappa shape index (κ3) is 4.14. The van der Waals surface area contributed by atoms with Gasteiger partial charge in [-0.2, -0.15) is 0 Å². The van der Waals surface area contributed by atoms with Crippen molar-refractivity contribution in [1.82, 2.24) is 9.55 Å². The van der Waals surface area contributed by atoms with Crippen molar-refractivity contribution in [3.63, 3.8) is 0 Å². The number of ether oxygens (including phenoxy) is 1. The summed E-state index contributed by atoms with van der Waals surface area (Å²) in [5.74, 6) is 0.375. The van der Waals surface area contributed by atoms with Crippen molar-refractivity contribution in [3.8, 4) is 0 Å². The summed E-state index contributed by atoms with van der Waals surface area (Å²) in [5, 5.41) is 3.01. The van der Waals surface area contributed by atoms with Gasteiger partial charge in [-0.1, -0.05) is 0 Å². The second-order valence-electron chi connectivity index (χ2n) is 5.47. The van der Waals surface area contributed by atoms with E-state index in [4.69, 9.17) is 4.74 Å². The van der Waals surface area contributed by atoms with E-state index in [-0.39, 0.29) is 17.2 Å². The van der Waals surface area contributed by atoms with Gasteiger partial charge in [0, 0.05) is 24.5 Å².